The van der Waals surface area contributed by atoms with Crippen molar-refractivity contribution in [1.82, 2.24) is 0 Å². The van der Waals surface area contributed by atoms with Gasteiger partial charge in [0, 0.05) is 6.54 Å². The van der Waals surface area contributed by atoms with E-state index in [9.17, 15) is 0 Å². The Morgan fingerprint density at radius 2 is 1.65 bits per heavy atom. The smallest absolute Gasteiger partial charge is 0.210 e. The third kappa shape index (κ3) is 2.86. The van der Waals surface area contributed by atoms with Crippen LogP contribution in [0.5, 0.6) is 23.0 Å². The SMILES string of the molecule is COc1cccc(OC)c1Oc1ccc(CN)c(C)c1. The number of aryl methyl sites for hydroxylation is 1. The molecule has 0 aliphatic rings. The van der Waals surface area contributed by atoms with Gasteiger partial charge in [0.15, 0.2) is 11.5 Å². The Labute approximate surface area is 119 Å². The van der Waals surface area contributed by atoms with Crippen molar-refractivity contribution in [1.29, 1.82) is 0 Å². The van der Waals surface area contributed by atoms with E-state index in [1.54, 1.807) is 14.2 Å². The van der Waals surface area contributed by atoms with Crippen molar-refractivity contribution < 1.29 is 14.2 Å². The maximum atomic E-state index is 5.91. The van der Waals surface area contributed by atoms with Gasteiger partial charge in [-0.2, -0.15) is 0 Å². The van der Waals surface area contributed by atoms with Gasteiger partial charge in [0.1, 0.15) is 5.75 Å². The van der Waals surface area contributed by atoms with E-state index in [0.29, 0.717) is 23.8 Å². The summed E-state index contributed by atoms with van der Waals surface area (Å²) >= 11 is 0. The molecule has 2 N–H and O–H groups in total. The summed E-state index contributed by atoms with van der Waals surface area (Å²) in [6.07, 6.45) is 0. The second-order valence-electron chi connectivity index (χ2n) is 4.39. The van der Waals surface area contributed by atoms with E-state index in [4.69, 9.17) is 19.9 Å². The van der Waals surface area contributed by atoms with Crippen LogP contribution < -0.4 is 19.9 Å². The van der Waals surface area contributed by atoms with Gasteiger partial charge in [-0.1, -0.05) is 12.1 Å². The van der Waals surface area contributed by atoms with Gasteiger partial charge in [-0.15, -0.1) is 0 Å². The monoisotopic (exact) mass is 273 g/mol. The molecule has 0 aliphatic heterocycles. The zero-order valence-corrected chi connectivity index (χ0v) is 12.0. The van der Waals surface area contributed by atoms with E-state index >= 15 is 0 Å². The molecule has 0 aliphatic carbocycles. The van der Waals surface area contributed by atoms with Gasteiger partial charge in [0.25, 0.3) is 0 Å². The molecule has 0 bridgehead atoms. The van der Waals surface area contributed by atoms with E-state index in [1.807, 2.05) is 43.3 Å². The van der Waals surface area contributed by atoms with Crippen LogP contribution in [0.1, 0.15) is 11.1 Å². The molecule has 0 fully saturated rings. The lowest BCUT2D eigenvalue weighted by molar-refractivity contribution is 0.346. The van der Waals surface area contributed by atoms with E-state index in [2.05, 4.69) is 0 Å². The average Bonchev–Trinajstić information content (AvgIpc) is 2.47. The third-order valence-corrected chi connectivity index (χ3v) is 3.14. The number of hydrogen-bond acceptors (Lipinski definition) is 4. The number of benzene rings is 2. The van der Waals surface area contributed by atoms with Crippen LogP contribution in [-0.4, -0.2) is 14.2 Å². The molecule has 106 valence electrons. The van der Waals surface area contributed by atoms with Gasteiger partial charge in [-0.25, -0.2) is 0 Å². The number of hydrogen-bond donors (Lipinski definition) is 1. The first-order valence-electron chi connectivity index (χ1n) is 6.38. The van der Waals surface area contributed by atoms with Crippen LogP contribution in [0.25, 0.3) is 0 Å². The van der Waals surface area contributed by atoms with Crippen molar-refractivity contribution in [2.45, 2.75) is 13.5 Å². The normalized spacial score (nSPS) is 10.2. The Morgan fingerprint density at radius 1 is 1.00 bits per heavy atom. The minimum Gasteiger partial charge on any atom is -0.493 e. The molecule has 0 atom stereocenters. The molecule has 4 heteroatoms. The van der Waals surface area contributed by atoms with Crippen LogP contribution in [0.3, 0.4) is 0 Å². The zero-order valence-electron chi connectivity index (χ0n) is 12.0. The minimum atomic E-state index is 0.518. The summed E-state index contributed by atoms with van der Waals surface area (Å²) < 4.78 is 16.5. The highest BCUT2D eigenvalue weighted by Gasteiger charge is 2.12. The molecule has 0 aromatic heterocycles. The fourth-order valence-electron chi connectivity index (χ4n) is 2.00. The highest BCUT2D eigenvalue weighted by atomic mass is 16.5. The van der Waals surface area contributed by atoms with Gasteiger partial charge >= 0.3 is 0 Å². The van der Waals surface area contributed by atoms with Crippen molar-refractivity contribution >= 4 is 0 Å². The van der Waals surface area contributed by atoms with Crippen LogP contribution in [0.4, 0.5) is 0 Å². The lowest BCUT2D eigenvalue weighted by Gasteiger charge is -2.14. The van der Waals surface area contributed by atoms with Gasteiger partial charge in [-0.3, -0.25) is 0 Å². The van der Waals surface area contributed by atoms with Gasteiger partial charge in [-0.05, 0) is 42.3 Å². The molecule has 4 nitrogen and oxygen atoms in total. The molecule has 20 heavy (non-hydrogen) atoms. The van der Waals surface area contributed by atoms with Crippen LogP contribution in [0.15, 0.2) is 36.4 Å². The molecule has 0 amide bonds. The molecule has 2 aromatic carbocycles. The third-order valence-electron chi connectivity index (χ3n) is 3.14. The first kappa shape index (κ1) is 14.2. The second-order valence-corrected chi connectivity index (χ2v) is 4.39. The maximum absolute atomic E-state index is 5.91. The first-order valence-corrected chi connectivity index (χ1v) is 6.38. The van der Waals surface area contributed by atoms with Gasteiger partial charge in [0.2, 0.25) is 5.75 Å². The van der Waals surface area contributed by atoms with Crippen LogP contribution >= 0.6 is 0 Å². The van der Waals surface area contributed by atoms with Crippen molar-refractivity contribution in [3.8, 4) is 23.0 Å². The molecular weight excluding hydrogens is 254 g/mol. The highest BCUT2D eigenvalue weighted by Crippen LogP contribution is 2.40. The minimum absolute atomic E-state index is 0.518. The molecule has 2 rings (SSSR count). The van der Waals surface area contributed by atoms with Crippen LogP contribution in [0, 0.1) is 6.92 Å². The summed E-state index contributed by atoms with van der Waals surface area (Å²) in [5, 5.41) is 0. The number of ether oxygens (including phenoxy) is 3. The summed E-state index contributed by atoms with van der Waals surface area (Å²) in [6.45, 7) is 2.53. The molecule has 0 unspecified atom stereocenters. The maximum Gasteiger partial charge on any atom is 0.210 e. The van der Waals surface area contributed by atoms with Crippen molar-refractivity contribution in [2.24, 2.45) is 5.73 Å². The number of methoxy groups -OCH3 is 2. The molecular formula is C16H19NO3. The van der Waals surface area contributed by atoms with Crippen molar-refractivity contribution in [3.05, 3.63) is 47.5 Å². The zero-order chi connectivity index (χ0) is 14.5. The standard InChI is InChI=1S/C16H19NO3/c1-11-9-13(8-7-12(11)10-17)20-16-14(18-2)5-4-6-15(16)19-3/h4-9H,10,17H2,1-3H3. The molecule has 0 spiro atoms. The number of rotatable bonds is 5. The molecule has 0 radical (unpaired) electrons. The van der Waals surface area contributed by atoms with E-state index in [0.717, 1.165) is 16.9 Å². The van der Waals surface area contributed by atoms with Crippen molar-refractivity contribution in [3.63, 3.8) is 0 Å². The largest absolute Gasteiger partial charge is 0.493 e. The molecule has 0 saturated heterocycles. The van der Waals surface area contributed by atoms with Crippen LogP contribution in [-0.2, 0) is 6.54 Å². The Hall–Kier alpha value is -2.20. The Morgan fingerprint density at radius 3 is 2.15 bits per heavy atom. The van der Waals surface area contributed by atoms with E-state index in [-0.39, 0.29) is 0 Å². The molecule has 2 aromatic rings. The number of para-hydroxylation sites is 1. The van der Waals surface area contributed by atoms with Gasteiger partial charge < -0.3 is 19.9 Å². The fourth-order valence-corrected chi connectivity index (χ4v) is 2.00. The fraction of sp³-hybridized carbons (Fsp3) is 0.250. The van der Waals surface area contributed by atoms with E-state index < -0.39 is 0 Å². The van der Waals surface area contributed by atoms with Crippen molar-refractivity contribution in [2.75, 3.05) is 14.2 Å². The predicted molar refractivity (Wildman–Crippen MR) is 78.7 cm³/mol. The van der Waals surface area contributed by atoms with Crippen LogP contribution in [0.2, 0.25) is 0 Å². The summed E-state index contributed by atoms with van der Waals surface area (Å²) in [7, 11) is 3.20. The summed E-state index contributed by atoms with van der Waals surface area (Å²) in [5.41, 5.74) is 7.86. The topological polar surface area (TPSA) is 53.7 Å². The van der Waals surface area contributed by atoms with E-state index in [1.165, 1.54) is 0 Å². The lowest BCUT2D eigenvalue weighted by atomic mass is 10.1. The number of nitrogens with two attached hydrogens (primary N) is 1. The van der Waals surface area contributed by atoms with Gasteiger partial charge in [0.05, 0.1) is 14.2 Å². The first-order chi connectivity index (χ1) is 9.69. The summed E-state index contributed by atoms with van der Waals surface area (Å²) in [4.78, 5) is 0. The molecule has 0 saturated carbocycles. The predicted octanol–water partition coefficient (Wildman–Crippen LogP) is 3.26. The average molecular weight is 273 g/mol. The Kier molecular flexibility index (Phi) is 4.48. The highest BCUT2D eigenvalue weighted by molar-refractivity contribution is 5.53. The second kappa shape index (κ2) is 6.30. The lowest BCUT2D eigenvalue weighted by Crippen LogP contribution is -1.99. The quantitative estimate of drug-likeness (QED) is 0.908. The summed E-state index contributed by atoms with van der Waals surface area (Å²) in [5.74, 6) is 2.55. The Bertz CT molecular complexity index is 574. The Balaban J connectivity index is 2.36. The summed E-state index contributed by atoms with van der Waals surface area (Å²) in [6, 6.07) is 11.3. The molecule has 0 heterocycles.